The molecule has 4 nitrogen and oxygen atoms in total. The van der Waals surface area contributed by atoms with E-state index in [0.717, 1.165) is 16.7 Å². The van der Waals surface area contributed by atoms with Crippen LogP contribution in [0.4, 0.5) is 4.39 Å². The van der Waals surface area contributed by atoms with E-state index in [1.807, 2.05) is 60.7 Å². The van der Waals surface area contributed by atoms with Crippen molar-refractivity contribution in [3.8, 4) is 0 Å². The van der Waals surface area contributed by atoms with Crippen LogP contribution >= 0.6 is 0 Å². The summed E-state index contributed by atoms with van der Waals surface area (Å²) in [4.78, 5) is 14.8. The number of rotatable bonds is 6. The molecule has 0 saturated heterocycles. The topological polar surface area (TPSA) is 46.3 Å². The van der Waals surface area contributed by atoms with Crippen LogP contribution in [0, 0.1) is 5.82 Å². The average Bonchev–Trinajstić information content (AvgIpc) is 3.17. The normalized spacial score (nSPS) is 16.1. The van der Waals surface area contributed by atoms with Crippen LogP contribution in [0.3, 0.4) is 0 Å². The Kier molecular flexibility index (Phi) is 5.33. The van der Waals surface area contributed by atoms with Gasteiger partial charge in [0.1, 0.15) is 18.1 Å². The van der Waals surface area contributed by atoms with Gasteiger partial charge in [-0.25, -0.2) is 9.38 Å². The zero-order valence-corrected chi connectivity index (χ0v) is 15.1. The molecule has 0 N–H and O–H groups in total. The fraction of sp³-hybridized carbons (Fsp3) is 0.0870. The maximum atomic E-state index is 13.3. The largest absolute Gasteiger partial charge is 0.391 e. The first-order valence-electron chi connectivity index (χ1n) is 8.96. The molecule has 1 unspecified atom stereocenters. The molecule has 0 radical (unpaired) electrons. The van der Waals surface area contributed by atoms with Gasteiger partial charge < -0.3 is 4.84 Å². The lowest BCUT2D eigenvalue weighted by molar-refractivity contribution is 0.132. The van der Waals surface area contributed by atoms with E-state index in [2.05, 4.69) is 10.1 Å². The maximum absolute atomic E-state index is 13.3. The van der Waals surface area contributed by atoms with Crippen molar-refractivity contribution < 1.29 is 9.23 Å². The Morgan fingerprint density at radius 3 is 2.25 bits per heavy atom. The predicted octanol–water partition coefficient (Wildman–Crippen LogP) is 4.97. The lowest BCUT2D eigenvalue weighted by atomic mass is 10.1. The molecule has 0 amide bonds. The zero-order chi connectivity index (χ0) is 19.2. The van der Waals surface area contributed by atoms with Crippen LogP contribution in [0.2, 0.25) is 0 Å². The monoisotopic (exact) mass is 371 g/mol. The number of halogens is 1. The fourth-order valence-corrected chi connectivity index (χ4v) is 2.88. The van der Waals surface area contributed by atoms with Gasteiger partial charge in [-0.1, -0.05) is 65.8 Å². The van der Waals surface area contributed by atoms with E-state index in [1.165, 1.54) is 12.1 Å². The Morgan fingerprint density at radius 1 is 0.857 bits per heavy atom. The summed E-state index contributed by atoms with van der Waals surface area (Å²) < 4.78 is 13.3. The third-order valence-corrected chi connectivity index (χ3v) is 4.29. The maximum Gasteiger partial charge on any atom is 0.166 e. The summed E-state index contributed by atoms with van der Waals surface area (Å²) in [5.41, 5.74) is 4.07. The number of hydrogen-bond acceptors (Lipinski definition) is 4. The van der Waals surface area contributed by atoms with E-state index < -0.39 is 0 Å². The van der Waals surface area contributed by atoms with Crippen molar-refractivity contribution in [2.45, 2.75) is 12.8 Å². The summed E-state index contributed by atoms with van der Waals surface area (Å²) in [5, 5.41) is 4.06. The molecule has 3 aromatic rings. The van der Waals surface area contributed by atoms with Crippen LogP contribution in [0.25, 0.3) is 0 Å². The lowest BCUT2D eigenvalue weighted by Gasteiger charge is -2.03. The van der Waals surface area contributed by atoms with Gasteiger partial charge in [0.05, 0.1) is 11.9 Å². The van der Waals surface area contributed by atoms with Gasteiger partial charge in [0.25, 0.3) is 0 Å². The van der Waals surface area contributed by atoms with Crippen LogP contribution in [0.5, 0.6) is 0 Å². The number of hydrogen-bond donors (Lipinski definition) is 0. The molecule has 0 fully saturated rings. The molecule has 5 heteroatoms. The molecule has 1 aliphatic heterocycles. The SMILES string of the molecule is Fc1ccc(C2=NC(c3ccccc3)N=C2/C=N/OCc2ccccc2)cc1. The molecule has 28 heavy (non-hydrogen) atoms. The van der Waals surface area contributed by atoms with E-state index >= 15 is 0 Å². The summed E-state index contributed by atoms with van der Waals surface area (Å²) in [6, 6.07) is 25.8. The molecule has 1 atom stereocenters. The Balaban J connectivity index is 1.56. The molecular weight excluding hydrogens is 353 g/mol. The van der Waals surface area contributed by atoms with Crippen molar-refractivity contribution in [2.24, 2.45) is 15.1 Å². The van der Waals surface area contributed by atoms with E-state index in [9.17, 15) is 4.39 Å². The van der Waals surface area contributed by atoms with Gasteiger partial charge in [0, 0.05) is 5.56 Å². The molecule has 4 rings (SSSR count). The van der Waals surface area contributed by atoms with Crippen LogP contribution < -0.4 is 0 Å². The van der Waals surface area contributed by atoms with Gasteiger partial charge in [-0.15, -0.1) is 0 Å². The van der Waals surface area contributed by atoms with Crippen molar-refractivity contribution in [3.05, 3.63) is 107 Å². The third kappa shape index (κ3) is 4.20. The molecule has 1 heterocycles. The fourth-order valence-electron chi connectivity index (χ4n) is 2.88. The highest BCUT2D eigenvalue weighted by atomic mass is 19.1. The standard InChI is InChI=1S/C23H18FN3O/c24-20-13-11-18(12-14-20)22-21(15-25-28-16-17-7-3-1-4-8-17)26-23(27-22)19-9-5-2-6-10-19/h1-15,23H,16H2/b25-15+. The Bertz CT molecular complexity index is 1010. The molecule has 3 aromatic carbocycles. The van der Waals surface area contributed by atoms with Gasteiger partial charge in [0.2, 0.25) is 0 Å². The van der Waals surface area contributed by atoms with Gasteiger partial charge in [-0.2, -0.15) is 0 Å². The molecule has 0 bridgehead atoms. The van der Waals surface area contributed by atoms with Crippen molar-refractivity contribution in [2.75, 3.05) is 0 Å². The van der Waals surface area contributed by atoms with Crippen LogP contribution in [0.1, 0.15) is 22.9 Å². The molecule has 1 aliphatic rings. The molecule has 0 aliphatic carbocycles. The number of nitrogens with zero attached hydrogens (tertiary/aromatic N) is 3. The molecule has 138 valence electrons. The zero-order valence-electron chi connectivity index (χ0n) is 15.1. The molecular formula is C23H18FN3O. The Labute approximate surface area is 162 Å². The van der Waals surface area contributed by atoms with Crippen LogP contribution in [-0.2, 0) is 11.4 Å². The van der Waals surface area contributed by atoms with Gasteiger partial charge in [-0.3, -0.25) is 4.99 Å². The van der Waals surface area contributed by atoms with E-state index in [1.54, 1.807) is 18.3 Å². The third-order valence-electron chi connectivity index (χ3n) is 4.29. The quantitative estimate of drug-likeness (QED) is 0.446. The van der Waals surface area contributed by atoms with Crippen LogP contribution in [-0.4, -0.2) is 17.6 Å². The average molecular weight is 371 g/mol. The minimum absolute atomic E-state index is 0.291. The summed E-state index contributed by atoms with van der Waals surface area (Å²) in [6.07, 6.45) is 1.21. The van der Waals surface area contributed by atoms with E-state index in [0.29, 0.717) is 18.0 Å². The highest BCUT2D eigenvalue weighted by Crippen LogP contribution is 2.25. The lowest BCUT2D eigenvalue weighted by Crippen LogP contribution is -2.14. The van der Waals surface area contributed by atoms with E-state index in [-0.39, 0.29) is 12.0 Å². The van der Waals surface area contributed by atoms with Gasteiger partial charge >= 0.3 is 0 Å². The van der Waals surface area contributed by atoms with Crippen molar-refractivity contribution >= 4 is 17.6 Å². The second-order valence-electron chi connectivity index (χ2n) is 6.28. The summed E-state index contributed by atoms with van der Waals surface area (Å²) in [6.45, 7) is 0.371. The Morgan fingerprint density at radius 2 is 1.54 bits per heavy atom. The van der Waals surface area contributed by atoms with E-state index in [4.69, 9.17) is 9.83 Å². The van der Waals surface area contributed by atoms with Crippen molar-refractivity contribution in [3.63, 3.8) is 0 Å². The minimum Gasteiger partial charge on any atom is -0.391 e. The molecule has 0 aromatic heterocycles. The minimum atomic E-state index is -0.350. The summed E-state index contributed by atoms with van der Waals surface area (Å²) in [5.74, 6) is -0.291. The molecule has 0 saturated carbocycles. The Hall–Kier alpha value is -3.60. The first-order chi connectivity index (χ1) is 13.8. The number of oxime groups is 1. The number of benzene rings is 3. The number of aliphatic imine (C=N–C) groups is 2. The molecule has 0 spiro atoms. The van der Waals surface area contributed by atoms with Gasteiger partial charge in [-0.05, 0) is 35.4 Å². The van der Waals surface area contributed by atoms with Crippen LogP contribution in [0.15, 0.2) is 100 Å². The van der Waals surface area contributed by atoms with Gasteiger partial charge in [0.15, 0.2) is 6.17 Å². The van der Waals surface area contributed by atoms with Crippen molar-refractivity contribution in [1.29, 1.82) is 0 Å². The highest BCUT2D eigenvalue weighted by Gasteiger charge is 2.22. The summed E-state index contributed by atoms with van der Waals surface area (Å²) >= 11 is 0. The second kappa shape index (κ2) is 8.39. The highest BCUT2D eigenvalue weighted by molar-refractivity contribution is 6.67. The first kappa shape index (κ1) is 17.8. The summed E-state index contributed by atoms with van der Waals surface area (Å²) in [7, 11) is 0. The first-order valence-corrected chi connectivity index (χ1v) is 8.96. The second-order valence-corrected chi connectivity index (χ2v) is 6.28. The van der Waals surface area contributed by atoms with Crippen molar-refractivity contribution in [1.82, 2.24) is 0 Å². The smallest absolute Gasteiger partial charge is 0.166 e. The predicted molar refractivity (Wildman–Crippen MR) is 109 cm³/mol.